The average molecular weight is 525 g/mol. The van der Waals surface area contributed by atoms with Crippen molar-refractivity contribution in [3.8, 4) is 11.1 Å². The van der Waals surface area contributed by atoms with Crippen LogP contribution in [0.2, 0.25) is 0 Å². The van der Waals surface area contributed by atoms with Crippen molar-refractivity contribution in [3.05, 3.63) is 60.7 Å². The molecule has 0 aliphatic rings. The summed E-state index contributed by atoms with van der Waals surface area (Å²) in [6, 6.07) is 9.11. The third kappa shape index (κ3) is 9.22. The number of urea groups is 2. The number of hydrogen-bond donors (Lipinski definition) is 6. The van der Waals surface area contributed by atoms with Crippen LogP contribution in [-0.2, 0) is 19.1 Å². The van der Waals surface area contributed by atoms with Gasteiger partial charge in [0.25, 0.3) is 0 Å². The van der Waals surface area contributed by atoms with E-state index >= 15 is 0 Å². The Morgan fingerprint density at radius 2 is 1.08 bits per heavy atom. The van der Waals surface area contributed by atoms with E-state index in [2.05, 4.69) is 34.4 Å². The van der Waals surface area contributed by atoms with E-state index in [0.29, 0.717) is 22.7 Å². The molecule has 12 heteroatoms. The molecule has 202 valence electrons. The van der Waals surface area contributed by atoms with Gasteiger partial charge in [-0.1, -0.05) is 25.3 Å². The first-order chi connectivity index (χ1) is 18.0. The smallest absolute Gasteiger partial charge is 0.333 e. The zero-order valence-electron chi connectivity index (χ0n) is 21.3. The highest BCUT2D eigenvalue weighted by molar-refractivity contribution is 5.95. The van der Waals surface area contributed by atoms with Crippen molar-refractivity contribution < 1.29 is 28.7 Å². The minimum Gasteiger partial charge on any atom is -0.460 e. The van der Waals surface area contributed by atoms with E-state index in [4.69, 9.17) is 20.9 Å². The van der Waals surface area contributed by atoms with E-state index in [-0.39, 0.29) is 37.4 Å². The predicted octanol–water partition coefficient (Wildman–Crippen LogP) is 3.00. The van der Waals surface area contributed by atoms with Gasteiger partial charge in [0.05, 0.1) is 35.8 Å². The zero-order valence-corrected chi connectivity index (χ0v) is 21.3. The van der Waals surface area contributed by atoms with Crippen LogP contribution in [0.1, 0.15) is 13.8 Å². The lowest BCUT2D eigenvalue weighted by atomic mass is 10.0. The number of nitrogen functional groups attached to an aromatic ring is 2. The van der Waals surface area contributed by atoms with Crippen molar-refractivity contribution >= 4 is 46.8 Å². The molecule has 2 aromatic carbocycles. The predicted molar refractivity (Wildman–Crippen MR) is 146 cm³/mol. The molecule has 38 heavy (non-hydrogen) atoms. The first-order valence-corrected chi connectivity index (χ1v) is 11.5. The van der Waals surface area contributed by atoms with Crippen LogP contribution in [-0.4, -0.2) is 50.3 Å². The Labute approximate surface area is 220 Å². The Bertz CT molecular complexity index is 1150. The lowest BCUT2D eigenvalue weighted by Crippen LogP contribution is -2.32. The molecule has 0 aromatic heterocycles. The van der Waals surface area contributed by atoms with Gasteiger partial charge in [0.2, 0.25) is 0 Å². The van der Waals surface area contributed by atoms with Crippen LogP contribution in [0.3, 0.4) is 0 Å². The monoisotopic (exact) mass is 524 g/mol. The Balaban J connectivity index is 1.89. The van der Waals surface area contributed by atoms with Crippen LogP contribution in [0.15, 0.2) is 60.7 Å². The molecule has 0 saturated heterocycles. The molecule has 0 bridgehead atoms. The van der Waals surface area contributed by atoms with Gasteiger partial charge in [0.1, 0.15) is 13.2 Å². The number of rotatable bonds is 11. The maximum atomic E-state index is 12.1. The second-order valence-electron chi connectivity index (χ2n) is 8.20. The van der Waals surface area contributed by atoms with Crippen molar-refractivity contribution in [2.75, 3.05) is 48.4 Å². The molecule has 0 spiro atoms. The molecule has 0 unspecified atom stereocenters. The topological polar surface area (TPSA) is 187 Å². The van der Waals surface area contributed by atoms with Crippen molar-refractivity contribution in [3.63, 3.8) is 0 Å². The Hall–Kier alpha value is -5.00. The van der Waals surface area contributed by atoms with E-state index in [0.717, 1.165) is 11.1 Å². The summed E-state index contributed by atoms with van der Waals surface area (Å²) in [7, 11) is 0. The molecule has 0 radical (unpaired) electrons. The summed E-state index contributed by atoms with van der Waals surface area (Å²) in [5.41, 5.74) is 15.7. The highest BCUT2D eigenvalue weighted by atomic mass is 16.5. The van der Waals surface area contributed by atoms with E-state index < -0.39 is 24.0 Å². The fraction of sp³-hybridized carbons (Fsp3) is 0.231. The normalized spacial score (nSPS) is 10.1. The molecular formula is C26H32N6O6. The highest BCUT2D eigenvalue weighted by Gasteiger charge is 2.11. The largest absolute Gasteiger partial charge is 0.460 e. The van der Waals surface area contributed by atoms with Crippen LogP contribution in [0, 0.1) is 0 Å². The third-order valence-electron chi connectivity index (χ3n) is 4.87. The minimum atomic E-state index is -0.529. The number of nitrogens with two attached hydrogens (primary N) is 2. The van der Waals surface area contributed by atoms with Crippen molar-refractivity contribution in [1.29, 1.82) is 0 Å². The van der Waals surface area contributed by atoms with Crippen LogP contribution in [0.25, 0.3) is 11.1 Å². The van der Waals surface area contributed by atoms with Gasteiger partial charge in [-0.25, -0.2) is 19.2 Å². The molecule has 4 amide bonds. The second kappa shape index (κ2) is 13.9. The van der Waals surface area contributed by atoms with Crippen LogP contribution in [0.4, 0.5) is 32.3 Å². The average Bonchev–Trinajstić information content (AvgIpc) is 2.86. The molecule has 0 atom stereocenters. The molecule has 0 saturated carbocycles. The van der Waals surface area contributed by atoms with E-state index in [1.165, 1.54) is 13.8 Å². The fourth-order valence-corrected chi connectivity index (χ4v) is 2.91. The van der Waals surface area contributed by atoms with E-state index in [1.54, 1.807) is 36.4 Å². The summed E-state index contributed by atoms with van der Waals surface area (Å²) in [6.45, 7) is 10.3. The minimum absolute atomic E-state index is 0.00629. The maximum absolute atomic E-state index is 12.1. The standard InChI is InChI=1S/C26H32N6O6/c1-15(2)23(33)37-11-9-29-25(35)31-21-7-5-17(13-19(21)27)18-6-8-22(20(28)14-18)32-26(36)30-10-12-38-24(34)16(3)4/h5-8,13-14H,1,3,9-12,27-28H2,2,4H3,(H2,29,31,35)(H2,30,32,36). The molecule has 8 N–H and O–H groups in total. The quantitative estimate of drug-likeness (QED) is 0.112. The number of ether oxygens (including phenoxy) is 2. The number of benzene rings is 2. The molecular weight excluding hydrogens is 492 g/mol. The first-order valence-electron chi connectivity index (χ1n) is 11.5. The van der Waals surface area contributed by atoms with Gasteiger partial charge in [-0.15, -0.1) is 0 Å². The Morgan fingerprint density at radius 3 is 1.39 bits per heavy atom. The second-order valence-corrected chi connectivity index (χ2v) is 8.20. The van der Waals surface area contributed by atoms with E-state index in [9.17, 15) is 19.2 Å². The SMILES string of the molecule is C=C(C)C(=O)OCCNC(=O)Nc1ccc(-c2ccc(NC(=O)NCCOC(=O)C(=C)C)c(N)c2)cc1N. The highest BCUT2D eigenvalue weighted by Crippen LogP contribution is 2.30. The van der Waals surface area contributed by atoms with Gasteiger partial charge in [-0.05, 0) is 49.2 Å². The number of hydrogen-bond acceptors (Lipinski definition) is 8. The van der Waals surface area contributed by atoms with E-state index in [1.807, 2.05) is 0 Å². The number of anilines is 4. The van der Waals surface area contributed by atoms with Gasteiger partial charge >= 0.3 is 24.0 Å². The van der Waals surface area contributed by atoms with Gasteiger partial charge in [0, 0.05) is 11.1 Å². The van der Waals surface area contributed by atoms with Crippen molar-refractivity contribution in [2.24, 2.45) is 0 Å². The zero-order chi connectivity index (χ0) is 28.2. The molecule has 0 aliphatic heterocycles. The maximum Gasteiger partial charge on any atom is 0.333 e. The van der Waals surface area contributed by atoms with Crippen molar-refractivity contribution in [2.45, 2.75) is 13.8 Å². The van der Waals surface area contributed by atoms with Gasteiger partial charge in [0.15, 0.2) is 0 Å². The van der Waals surface area contributed by atoms with Crippen molar-refractivity contribution in [1.82, 2.24) is 10.6 Å². The molecule has 2 aromatic rings. The molecule has 0 heterocycles. The Kier molecular flexibility index (Phi) is 10.7. The fourth-order valence-electron chi connectivity index (χ4n) is 2.91. The number of nitrogens with one attached hydrogen (secondary N) is 4. The first kappa shape index (κ1) is 29.2. The Morgan fingerprint density at radius 1 is 0.711 bits per heavy atom. The number of esters is 2. The lowest BCUT2D eigenvalue weighted by Gasteiger charge is -2.13. The summed E-state index contributed by atoms with van der Waals surface area (Å²) in [4.78, 5) is 46.8. The summed E-state index contributed by atoms with van der Waals surface area (Å²) in [6.07, 6.45) is 0. The summed E-state index contributed by atoms with van der Waals surface area (Å²) < 4.78 is 9.81. The number of carbonyl (C=O) groups excluding carboxylic acids is 4. The number of carbonyl (C=O) groups is 4. The third-order valence-corrected chi connectivity index (χ3v) is 4.87. The lowest BCUT2D eigenvalue weighted by molar-refractivity contribution is -0.139. The van der Waals surface area contributed by atoms with Gasteiger partial charge in [-0.3, -0.25) is 0 Å². The molecule has 2 rings (SSSR count). The van der Waals surface area contributed by atoms with Crippen LogP contribution in [0.5, 0.6) is 0 Å². The summed E-state index contributed by atoms with van der Waals surface area (Å²) in [5.74, 6) is -1.06. The van der Waals surface area contributed by atoms with Gasteiger partial charge in [-0.2, -0.15) is 0 Å². The summed E-state index contributed by atoms with van der Waals surface area (Å²) >= 11 is 0. The van der Waals surface area contributed by atoms with Crippen LogP contribution >= 0.6 is 0 Å². The van der Waals surface area contributed by atoms with Gasteiger partial charge < -0.3 is 42.2 Å². The molecule has 0 fully saturated rings. The molecule has 12 nitrogen and oxygen atoms in total. The summed E-state index contributed by atoms with van der Waals surface area (Å²) in [5, 5.41) is 10.4. The van der Waals surface area contributed by atoms with Crippen LogP contribution < -0.4 is 32.7 Å². The number of amides is 4. The molecule has 0 aliphatic carbocycles.